The lowest BCUT2D eigenvalue weighted by atomic mass is 9.84. The molecule has 0 unspecified atom stereocenters. The Morgan fingerprint density at radius 3 is 1.95 bits per heavy atom. The third kappa shape index (κ3) is 4.19. The Morgan fingerprint density at radius 1 is 0.763 bits per heavy atom. The molecular formula is C32H32NO4P. The van der Waals surface area contributed by atoms with Crippen molar-refractivity contribution in [2.24, 2.45) is 10.9 Å². The van der Waals surface area contributed by atoms with Crippen molar-refractivity contribution in [2.75, 3.05) is 6.61 Å². The summed E-state index contributed by atoms with van der Waals surface area (Å²) >= 11 is 0. The molecule has 2 heterocycles. The first-order valence-corrected chi connectivity index (χ1v) is 14.8. The van der Waals surface area contributed by atoms with Gasteiger partial charge in [0.1, 0.15) is 17.8 Å². The molecular weight excluding hydrogens is 493 g/mol. The van der Waals surface area contributed by atoms with E-state index in [2.05, 4.69) is 60.7 Å². The van der Waals surface area contributed by atoms with Crippen LogP contribution in [0.25, 0.3) is 43.5 Å². The predicted molar refractivity (Wildman–Crippen MR) is 156 cm³/mol. The van der Waals surface area contributed by atoms with Crippen molar-refractivity contribution in [1.82, 2.24) is 0 Å². The first-order valence-electron chi connectivity index (χ1n) is 13.7. The second-order valence-electron chi connectivity index (χ2n) is 11.0. The number of nitrogens with zero attached hydrogens (tertiary/aromatic N) is 1. The lowest BCUT2D eigenvalue weighted by Gasteiger charge is -2.24. The van der Waals surface area contributed by atoms with Crippen LogP contribution in [-0.4, -0.2) is 24.1 Å². The van der Waals surface area contributed by atoms with E-state index in [0.29, 0.717) is 18.4 Å². The summed E-state index contributed by atoms with van der Waals surface area (Å²) in [6.07, 6.45) is 6.39. The van der Waals surface area contributed by atoms with Crippen LogP contribution in [0.4, 0.5) is 0 Å². The molecule has 0 bridgehead atoms. The van der Waals surface area contributed by atoms with Gasteiger partial charge in [-0.15, -0.1) is 0 Å². The number of hydrogen-bond acceptors (Lipinski definition) is 5. The van der Waals surface area contributed by atoms with E-state index in [9.17, 15) is 0 Å². The van der Waals surface area contributed by atoms with E-state index < -0.39 is 13.8 Å². The average molecular weight is 526 g/mol. The molecule has 4 aromatic carbocycles. The zero-order chi connectivity index (χ0) is 25.7. The quantitative estimate of drug-likeness (QED) is 0.235. The molecule has 0 spiro atoms. The molecule has 194 valence electrons. The van der Waals surface area contributed by atoms with Gasteiger partial charge in [-0.1, -0.05) is 79.9 Å². The van der Waals surface area contributed by atoms with Crippen LogP contribution in [0.1, 0.15) is 46.0 Å². The van der Waals surface area contributed by atoms with Gasteiger partial charge in [-0.3, -0.25) is 4.52 Å². The topological polar surface area (TPSA) is 57.1 Å². The molecule has 38 heavy (non-hydrogen) atoms. The standard InChI is InChI=1S/C32H32NO4P/c1-32(2,31-33-26(20-34-31)23-12-4-3-5-13-23)37-38-35-27-18-16-21-10-6-8-14-24(21)29(27)30-25-15-9-7-11-22(25)17-19-28(30)36-38/h6-11,14-19,23,26H,3-5,12-13,20H2,1-2H3/t26-/m0/s1. The Kier molecular flexibility index (Phi) is 5.94. The molecule has 5 aromatic rings. The van der Waals surface area contributed by atoms with Gasteiger partial charge in [0.15, 0.2) is 5.60 Å². The molecule has 2 aliphatic rings. The van der Waals surface area contributed by atoms with E-state index in [0.717, 1.165) is 43.5 Å². The van der Waals surface area contributed by atoms with Crippen LogP contribution in [-0.2, 0) is 4.74 Å². The van der Waals surface area contributed by atoms with Crippen LogP contribution in [0.5, 0.6) is 0 Å². The first kappa shape index (κ1) is 23.8. The molecule has 0 radical (unpaired) electrons. The van der Waals surface area contributed by atoms with Gasteiger partial charge in [-0.2, -0.15) is 0 Å². The molecule has 1 atom stereocenters. The van der Waals surface area contributed by atoms with E-state index in [1.807, 2.05) is 26.0 Å². The molecule has 0 amide bonds. The van der Waals surface area contributed by atoms with Crippen LogP contribution in [0.15, 0.2) is 86.2 Å². The number of hydrogen-bond donors (Lipinski definition) is 0. The Hall–Kier alpha value is -3.27. The molecule has 7 rings (SSSR count). The van der Waals surface area contributed by atoms with Gasteiger partial charge in [0.2, 0.25) is 5.90 Å². The van der Waals surface area contributed by atoms with Crippen LogP contribution in [0.3, 0.4) is 0 Å². The molecule has 5 nitrogen and oxygen atoms in total. The highest BCUT2D eigenvalue weighted by Gasteiger charge is 2.38. The SMILES string of the molecule is CC(C)(Op1oc2ccc3ccccc3c2c2c(ccc3ccccc32)o1)C1=N[C@H](C2CCCCC2)CO1. The highest BCUT2D eigenvalue weighted by Crippen LogP contribution is 2.42. The van der Waals surface area contributed by atoms with Crippen molar-refractivity contribution in [2.45, 2.75) is 57.6 Å². The van der Waals surface area contributed by atoms with Gasteiger partial charge in [0.05, 0.1) is 6.04 Å². The van der Waals surface area contributed by atoms with E-state index in [1.165, 1.54) is 32.1 Å². The van der Waals surface area contributed by atoms with Crippen LogP contribution in [0.2, 0.25) is 0 Å². The number of benzene rings is 4. The van der Waals surface area contributed by atoms with Crippen molar-refractivity contribution in [1.29, 1.82) is 0 Å². The molecule has 1 fully saturated rings. The molecule has 1 saturated carbocycles. The second-order valence-corrected chi connectivity index (χ2v) is 12.0. The monoisotopic (exact) mass is 525 g/mol. The van der Waals surface area contributed by atoms with Crippen LogP contribution >= 0.6 is 8.24 Å². The fourth-order valence-corrected chi connectivity index (χ4v) is 7.28. The van der Waals surface area contributed by atoms with Crippen molar-refractivity contribution in [3.8, 4) is 0 Å². The Balaban J connectivity index is 1.38. The summed E-state index contributed by atoms with van der Waals surface area (Å²) in [6.45, 7) is 4.63. The molecule has 0 saturated heterocycles. The Bertz CT molecular complexity index is 1630. The third-order valence-corrected chi connectivity index (χ3v) is 9.36. The highest BCUT2D eigenvalue weighted by molar-refractivity contribution is 7.32. The van der Waals surface area contributed by atoms with Crippen molar-refractivity contribution < 1.29 is 17.7 Å². The summed E-state index contributed by atoms with van der Waals surface area (Å²) in [7, 11) is -1.78. The minimum absolute atomic E-state index is 0.219. The number of rotatable bonds is 4. The minimum atomic E-state index is -1.78. The lowest BCUT2D eigenvalue weighted by Crippen LogP contribution is -2.37. The minimum Gasteiger partial charge on any atom is -0.477 e. The summed E-state index contributed by atoms with van der Waals surface area (Å²) in [5, 5.41) is 6.64. The van der Waals surface area contributed by atoms with Gasteiger partial charge in [0, 0.05) is 10.8 Å². The molecule has 0 N–H and O–H groups in total. The summed E-state index contributed by atoms with van der Waals surface area (Å²) < 4.78 is 25.8. The fraction of sp³-hybridized carbons (Fsp3) is 0.344. The van der Waals surface area contributed by atoms with Gasteiger partial charge in [-0.05, 0) is 66.3 Å². The predicted octanol–water partition coefficient (Wildman–Crippen LogP) is 9.18. The molecule has 6 heteroatoms. The Morgan fingerprint density at radius 2 is 1.34 bits per heavy atom. The van der Waals surface area contributed by atoms with E-state index in [4.69, 9.17) is 22.6 Å². The van der Waals surface area contributed by atoms with Crippen molar-refractivity contribution in [3.05, 3.63) is 72.8 Å². The van der Waals surface area contributed by atoms with Gasteiger partial charge in [-0.25, -0.2) is 4.99 Å². The molecule has 1 aliphatic heterocycles. The number of ether oxygens (including phenoxy) is 1. The smallest absolute Gasteiger partial charge is 0.388 e. The lowest BCUT2D eigenvalue weighted by molar-refractivity contribution is 0.180. The Labute approximate surface area is 223 Å². The van der Waals surface area contributed by atoms with Crippen LogP contribution < -0.4 is 4.52 Å². The fourth-order valence-electron chi connectivity index (χ4n) is 6.09. The zero-order valence-electron chi connectivity index (χ0n) is 21.9. The highest BCUT2D eigenvalue weighted by atomic mass is 31.1. The average Bonchev–Trinajstić information content (AvgIpc) is 3.39. The maximum absolute atomic E-state index is 6.58. The third-order valence-electron chi connectivity index (χ3n) is 8.06. The second kappa shape index (κ2) is 9.48. The van der Waals surface area contributed by atoms with E-state index >= 15 is 0 Å². The molecule has 1 aromatic heterocycles. The normalized spacial score (nSPS) is 18.8. The van der Waals surface area contributed by atoms with Crippen molar-refractivity contribution >= 4 is 57.6 Å². The zero-order valence-corrected chi connectivity index (χ0v) is 22.7. The largest absolute Gasteiger partial charge is 0.477 e. The van der Waals surface area contributed by atoms with E-state index in [-0.39, 0.29) is 6.04 Å². The molecule has 1 aliphatic carbocycles. The summed E-state index contributed by atoms with van der Waals surface area (Å²) in [5.41, 5.74) is 0.734. The maximum Gasteiger partial charge on any atom is 0.388 e. The van der Waals surface area contributed by atoms with E-state index in [1.54, 1.807) is 0 Å². The van der Waals surface area contributed by atoms with Gasteiger partial charge >= 0.3 is 8.24 Å². The first-order chi connectivity index (χ1) is 18.6. The number of fused-ring (bicyclic) bond motifs is 7. The maximum atomic E-state index is 6.58. The number of aliphatic imine (C=N–C) groups is 1. The van der Waals surface area contributed by atoms with Gasteiger partial charge in [0.25, 0.3) is 0 Å². The summed E-state index contributed by atoms with van der Waals surface area (Å²) in [6, 6.07) is 25.3. The summed E-state index contributed by atoms with van der Waals surface area (Å²) in [5.74, 6) is 1.25. The van der Waals surface area contributed by atoms with Crippen LogP contribution in [0, 0.1) is 5.92 Å². The van der Waals surface area contributed by atoms with Crippen molar-refractivity contribution in [3.63, 3.8) is 0 Å². The van der Waals surface area contributed by atoms with Gasteiger partial charge < -0.3 is 13.1 Å². The summed E-state index contributed by atoms with van der Waals surface area (Å²) in [4.78, 5) is 5.01.